The zero-order valence-electron chi connectivity index (χ0n) is 9.32. The Labute approximate surface area is 99.0 Å². The van der Waals surface area contributed by atoms with Gasteiger partial charge >= 0.3 is 5.97 Å². The number of carbonyl (C=O) groups excluding carboxylic acids is 1. The number of azide groups is 1. The summed E-state index contributed by atoms with van der Waals surface area (Å²) >= 11 is 0. The van der Waals surface area contributed by atoms with Crippen molar-refractivity contribution in [3.05, 3.63) is 46.3 Å². The summed E-state index contributed by atoms with van der Waals surface area (Å²) in [4.78, 5) is 13.9. The minimum absolute atomic E-state index is 0.207. The van der Waals surface area contributed by atoms with Gasteiger partial charge in [-0.1, -0.05) is 35.4 Å². The van der Waals surface area contributed by atoms with Crippen molar-refractivity contribution in [2.24, 2.45) is 5.11 Å². The smallest absolute Gasteiger partial charge is 0.306 e. The number of nitrogens with zero attached hydrogens (tertiary/aromatic N) is 3. The molecule has 0 unspecified atom stereocenters. The van der Waals surface area contributed by atoms with E-state index >= 15 is 0 Å². The molecule has 1 fully saturated rings. The highest BCUT2D eigenvalue weighted by Crippen LogP contribution is 2.22. The molecule has 2 rings (SSSR count). The lowest BCUT2D eigenvalue weighted by atomic mass is 10.0. The van der Waals surface area contributed by atoms with Gasteiger partial charge in [0, 0.05) is 11.3 Å². The van der Waals surface area contributed by atoms with Crippen LogP contribution in [0.15, 0.2) is 35.4 Å². The summed E-state index contributed by atoms with van der Waals surface area (Å²) in [6.07, 6.45) is 1.37. The molecule has 1 aliphatic rings. The second-order valence-corrected chi connectivity index (χ2v) is 4.03. The molecular formula is C12H13N3O2. The third-order valence-corrected chi connectivity index (χ3v) is 2.83. The molecule has 0 N–H and O–H groups in total. The Morgan fingerprint density at radius 3 is 2.82 bits per heavy atom. The average Bonchev–Trinajstić information content (AvgIpc) is 2.77. The minimum atomic E-state index is -0.311. The van der Waals surface area contributed by atoms with E-state index in [2.05, 4.69) is 10.0 Å². The maximum atomic E-state index is 11.1. The molecule has 0 bridgehead atoms. The van der Waals surface area contributed by atoms with Gasteiger partial charge in [0.1, 0.15) is 6.10 Å². The molecule has 0 saturated carbocycles. The molecule has 1 saturated heterocycles. The van der Waals surface area contributed by atoms with E-state index < -0.39 is 0 Å². The van der Waals surface area contributed by atoms with Crippen LogP contribution in [0.1, 0.15) is 18.4 Å². The molecule has 0 spiro atoms. The van der Waals surface area contributed by atoms with Gasteiger partial charge in [0.2, 0.25) is 0 Å². The number of carbonyl (C=O) groups is 1. The lowest BCUT2D eigenvalue weighted by Crippen LogP contribution is -2.25. The summed E-state index contributed by atoms with van der Waals surface area (Å²) in [5, 5.41) is 3.74. The quantitative estimate of drug-likeness (QED) is 0.345. The van der Waals surface area contributed by atoms with Crippen LogP contribution in [0.4, 0.5) is 0 Å². The number of rotatable bonds is 4. The number of esters is 1. The Hall–Kier alpha value is -2.00. The number of benzene rings is 1. The first-order valence-electron chi connectivity index (χ1n) is 5.57. The molecule has 1 aromatic rings. The van der Waals surface area contributed by atoms with E-state index in [-0.39, 0.29) is 18.1 Å². The first-order valence-corrected chi connectivity index (χ1v) is 5.57. The van der Waals surface area contributed by atoms with Crippen LogP contribution >= 0.6 is 0 Å². The second kappa shape index (κ2) is 5.37. The third-order valence-electron chi connectivity index (χ3n) is 2.83. The van der Waals surface area contributed by atoms with E-state index in [1.165, 1.54) is 0 Å². The van der Waals surface area contributed by atoms with Crippen LogP contribution in [0.25, 0.3) is 10.4 Å². The van der Waals surface area contributed by atoms with Crippen molar-refractivity contribution < 1.29 is 9.53 Å². The molecule has 1 aliphatic heterocycles. The number of hydrogen-bond acceptors (Lipinski definition) is 3. The van der Waals surface area contributed by atoms with Crippen LogP contribution in [0.2, 0.25) is 0 Å². The largest absolute Gasteiger partial charge is 0.462 e. The third kappa shape index (κ3) is 2.98. The Bertz CT molecular complexity index is 440. The fraction of sp³-hybridized carbons (Fsp3) is 0.417. The SMILES string of the molecule is [N-]=[N+]=N[C@@H](Cc1ccccc1)[C@@H]1CCC(=O)O1. The Balaban J connectivity index is 2.07. The van der Waals surface area contributed by atoms with Gasteiger partial charge in [-0.2, -0.15) is 0 Å². The monoisotopic (exact) mass is 231 g/mol. The average molecular weight is 231 g/mol. The topological polar surface area (TPSA) is 75.1 Å². The Morgan fingerprint density at radius 2 is 2.24 bits per heavy atom. The van der Waals surface area contributed by atoms with E-state index in [1.54, 1.807) is 0 Å². The molecular weight excluding hydrogens is 218 g/mol. The van der Waals surface area contributed by atoms with Crippen molar-refractivity contribution in [2.45, 2.75) is 31.4 Å². The van der Waals surface area contributed by atoms with E-state index in [1.807, 2.05) is 30.3 Å². The van der Waals surface area contributed by atoms with Crippen LogP contribution in [-0.4, -0.2) is 18.1 Å². The van der Waals surface area contributed by atoms with E-state index in [9.17, 15) is 4.79 Å². The van der Waals surface area contributed by atoms with Crippen LogP contribution in [0.3, 0.4) is 0 Å². The second-order valence-electron chi connectivity index (χ2n) is 4.03. The maximum absolute atomic E-state index is 11.1. The summed E-state index contributed by atoms with van der Waals surface area (Å²) in [5.41, 5.74) is 9.64. The molecule has 2 atom stereocenters. The zero-order valence-corrected chi connectivity index (χ0v) is 9.32. The van der Waals surface area contributed by atoms with Crippen molar-refractivity contribution in [2.75, 3.05) is 0 Å². The number of hydrogen-bond donors (Lipinski definition) is 0. The molecule has 0 amide bonds. The predicted octanol–water partition coefficient (Wildman–Crippen LogP) is 2.61. The van der Waals surface area contributed by atoms with Crippen LogP contribution in [-0.2, 0) is 16.0 Å². The zero-order chi connectivity index (χ0) is 12.1. The predicted molar refractivity (Wildman–Crippen MR) is 62.2 cm³/mol. The first kappa shape index (κ1) is 11.5. The lowest BCUT2D eigenvalue weighted by molar-refractivity contribution is -0.142. The minimum Gasteiger partial charge on any atom is -0.462 e. The number of cyclic esters (lactones) is 1. The van der Waals surface area contributed by atoms with Crippen LogP contribution < -0.4 is 0 Å². The molecule has 5 heteroatoms. The summed E-state index contributed by atoms with van der Waals surface area (Å²) in [6, 6.07) is 9.43. The van der Waals surface area contributed by atoms with Crippen molar-refractivity contribution in [3.8, 4) is 0 Å². The lowest BCUT2D eigenvalue weighted by Gasteiger charge is -2.17. The molecule has 5 nitrogen and oxygen atoms in total. The van der Waals surface area contributed by atoms with Gasteiger partial charge in [0.25, 0.3) is 0 Å². The fourth-order valence-electron chi connectivity index (χ4n) is 1.99. The van der Waals surface area contributed by atoms with Gasteiger partial charge in [-0.25, -0.2) is 0 Å². The Morgan fingerprint density at radius 1 is 1.47 bits per heavy atom. The summed E-state index contributed by atoms with van der Waals surface area (Å²) < 4.78 is 5.14. The van der Waals surface area contributed by atoms with Gasteiger partial charge in [-0.05, 0) is 23.9 Å². The fourth-order valence-corrected chi connectivity index (χ4v) is 1.99. The molecule has 17 heavy (non-hydrogen) atoms. The first-order chi connectivity index (χ1) is 8.29. The van der Waals surface area contributed by atoms with Gasteiger partial charge in [-0.15, -0.1) is 0 Å². The summed E-state index contributed by atoms with van der Waals surface area (Å²) in [6.45, 7) is 0. The van der Waals surface area contributed by atoms with Gasteiger partial charge in [-0.3, -0.25) is 4.79 Å². The van der Waals surface area contributed by atoms with Crippen molar-refractivity contribution in [1.29, 1.82) is 0 Å². The highest BCUT2D eigenvalue weighted by Gasteiger charge is 2.30. The molecule has 88 valence electrons. The van der Waals surface area contributed by atoms with Crippen molar-refractivity contribution in [1.82, 2.24) is 0 Å². The summed E-state index contributed by atoms with van der Waals surface area (Å²) in [5.74, 6) is -0.207. The van der Waals surface area contributed by atoms with Crippen LogP contribution in [0.5, 0.6) is 0 Å². The molecule has 1 aromatic carbocycles. The molecule has 1 heterocycles. The summed E-state index contributed by atoms with van der Waals surface area (Å²) in [7, 11) is 0. The van der Waals surface area contributed by atoms with Crippen LogP contribution in [0, 0.1) is 0 Å². The standard InChI is InChI=1S/C12H13N3O2/c13-15-14-10(11-6-7-12(16)17-11)8-9-4-2-1-3-5-9/h1-5,10-11H,6-8H2/t10-,11-/m0/s1. The number of ether oxygens (including phenoxy) is 1. The van der Waals surface area contributed by atoms with Gasteiger partial charge < -0.3 is 4.74 Å². The highest BCUT2D eigenvalue weighted by atomic mass is 16.5. The van der Waals surface area contributed by atoms with E-state index in [0.29, 0.717) is 19.3 Å². The van der Waals surface area contributed by atoms with Gasteiger partial charge in [0.05, 0.1) is 6.04 Å². The van der Waals surface area contributed by atoms with Crippen molar-refractivity contribution in [3.63, 3.8) is 0 Å². The maximum Gasteiger partial charge on any atom is 0.306 e. The molecule has 0 aromatic heterocycles. The Kier molecular flexibility index (Phi) is 3.62. The van der Waals surface area contributed by atoms with Crippen molar-refractivity contribution >= 4 is 5.97 Å². The van der Waals surface area contributed by atoms with E-state index in [4.69, 9.17) is 10.3 Å². The molecule has 0 aliphatic carbocycles. The van der Waals surface area contributed by atoms with E-state index in [0.717, 1.165) is 5.56 Å². The van der Waals surface area contributed by atoms with Gasteiger partial charge in [0.15, 0.2) is 0 Å². The molecule has 0 radical (unpaired) electrons. The highest BCUT2D eigenvalue weighted by molar-refractivity contribution is 5.71. The normalized spacial score (nSPS) is 20.5.